The van der Waals surface area contributed by atoms with Gasteiger partial charge in [-0.15, -0.1) is 12.4 Å². The highest BCUT2D eigenvalue weighted by atomic mass is 35.5. The van der Waals surface area contributed by atoms with Gasteiger partial charge in [-0.3, -0.25) is 4.79 Å². The van der Waals surface area contributed by atoms with Crippen LogP contribution in [0.25, 0.3) is 0 Å². The van der Waals surface area contributed by atoms with Crippen LogP contribution in [0.5, 0.6) is 11.5 Å². The maximum absolute atomic E-state index is 12.0. The molecule has 2 aromatic rings. The minimum absolute atomic E-state index is 0. The average molecular weight is 394 g/mol. The lowest BCUT2D eigenvalue weighted by atomic mass is 9.81. The van der Waals surface area contributed by atoms with E-state index >= 15 is 0 Å². The fourth-order valence-corrected chi connectivity index (χ4v) is 2.65. The molecule has 2 aromatic carbocycles. The molecule has 0 spiro atoms. The molecule has 5 nitrogen and oxygen atoms in total. The Balaban J connectivity index is 0.00000364. The molecule has 148 valence electrons. The van der Waals surface area contributed by atoms with Gasteiger partial charge < -0.3 is 19.9 Å². The van der Waals surface area contributed by atoms with Gasteiger partial charge in [-0.05, 0) is 44.0 Å². The molecule has 0 heterocycles. The molecule has 0 aromatic heterocycles. The van der Waals surface area contributed by atoms with Crippen LogP contribution in [0.4, 0.5) is 0 Å². The Hall–Kier alpha value is -2.24. The van der Waals surface area contributed by atoms with E-state index < -0.39 is 11.5 Å². The summed E-state index contributed by atoms with van der Waals surface area (Å²) in [5.41, 5.74) is 7.34. The number of hydrogen-bond acceptors (Lipinski definition) is 5. The van der Waals surface area contributed by atoms with Gasteiger partial charge in [0.1, 0.15) is 6.61 Å². The van der Waals surface area contributed by atoms with Crippen molar-refractivity contribution in [1.29, 1.82) is 0 Å². The third kappa shape index (κ3) is 5.62. The third-order valence-electron chi connectivity index (χ3n) is 4.35. The van der Waals surface area contributed by atoms with Gasteiger partial charge in [0.25, 0.3) is 0 Å². The van der Waals surface area contributed by atoms with Gasteiger partial charge >= 0.3 is 5.97 Å². The van der Waals surface area contributed by atoms with Crippen LogP contribution in [0, 0.1) is 5.41 Å². The first-order valence-corrected chi connectivity index (χ1v) is 8.67. The zero-order chi connectivity index (χ0) is 19.2. The lowest BCUT2D eigenvalue weighted by Gasteiger charge is -2.29. The van der Waals surface area contributed by atoms with E-state index in [1.807, 2.05) is 55.5 Å². The van der Waals surface area contributed by atoms with Crippen LogP contribution in [-0.4, -0.2) is 19.7 Å². The molecule has 0 bridgehead atoms. The van der Waals surface area contributed by atoms with Gasteiger partial charge in [0, 0.05) is 6.04 Å². The molecule has 27 heavy (non-hydrogen) atoms. The minimum Gasteiger partial charge on any atom is -0.490 e. The summed E-state index contributed by atoms with van der Waals surface area (Å²) >= 11 is 0. The van der Waals surface area contributed by atoms with Crippen LogP contribution in [0.15, 0.2) is 48.5 Å². The van der Waals surface area contributed by atoms with E-state index in [1.54, 1.807) is 13.8 Å². The molecule has 0 aliphatic carbocycles. The van der Waals surface area contributed by atoms with Crippen LogP contribution in [-0.2, 0) is 16.1 Å². The molecular weight excluding hydrogens is 366 g/mol. The summed E-state index contributed by atoms with van der Waals surface area (Å²) in [6.07, 6.45) is 0. The first-order valence-electron chi connectivity index (χ1n) is 8.67. The summed E-state index contributed by atoms with van der Waals surface area (Å²) < 4.78 is 16.5. The quantitative estimate of drug-likeness (QED) is 0.677. The number of benzene rings is 2. The summed E-state index contributed by atoms with van der Waals surface area (Å²) in [6, 6.07) is 14.9. The van der Waals surface area contributed by atoms with Gasteiger partial charge in [-0.2, -0.15) is 0 Å². The maximum atomic E-state index is 12.0. The lowest BCUT2D eigenvalue weighted by Crippen LogP contribution is -2.37. The molecular formula is C21H28ClNO4. The standard InChI is InChI=1S/C21H27NO4.ClH/c1-5-25-18-13-16(19(22)21(2,3)20(23)24-4)11-12-17(18)26-14-15-9-7-6-8-10-15;/h6-13,19H,5,14,22H2,1-4H3;1H/t19-;/m0./s1. The van der Waals surface area contributed by atoms with Gasteiger partial charge in [-0.25, -0.2) is 0 Å². The first kappa shape index (κ1) is 22.8. The van der Waals surface area contributed by atoms with Crippen molar-refractivity contribution in [3.8, 4) is 11.5 Å². The summed E-state index contributed by atoms with van der Waals surface area (Å²) in [7, 11) is 1.36. The van der Waals surface area contributed by atoms with Crippen molar-refractivity contribution in [2.45, 2.75) is 33.4 Å². The predicted molar refractivity (Wildman–Crippen MR) is 108 cm³/mol. The highest BCUT2D eigenvalue weighted by molar-refractivity contribution is 5.85. The second-order valence-electron chi connectivity index (χ2n) is 6.60. The normalized spacial score (nSPS) is 11.9. The van der Waals surface area contributed by atoms with Gasteiger partial charge in [0.15, 0.2) is 11.5 Å². The largest absolute Gasteiger partial charge is 0.490 e. The van der Waals surface area contributed by atoms with E-state index in [4.69, 9.17) is 19.9 Å². The fraction of sp³-hybridized carbons (Fsp3) is 0.381. The van der Waals surface area contributed by atoms with Gasteiger partial charge in [-0.1, -0.05) is 36.4 Å². The monoisotopic (exact) mass is 393 g/mol. The molecule has 0 aliphatic heterocycles. The lowest BCUT2D eigenvalue weighted by molar-refractivity contribution is -0.152. The highest BCUT2D eigenvalue weighted by Gasteiger charge is 2.37. The molecule has 0 saturated carbocycles. The van der Waals surface area contributed by atoms with Gasteiger partial charge in [0.2, 0.25) is 0 Å². The summed E-state index contributed by atoms with van der Waals surface area (Å²) in [6.45, 7) is 6.39. The Kier molecular flexibility index (Phi) is 8.60. The molecule has 1 atom stereocenters. The van der Waals surface area contributed by atoms with Crippen molar-refractivity contribution in [2.24, 2.45) is 11.1 Å². The van der Waals surface area contributed by atoms with Crippen molar-refractivity contribution in [2.75, 3.05) is 13.7 Å². The van der Waals surface area contributed by atoms with Crippen molar-refractivity contribution in [3.05, 3.63) is 59.7 Å². The number of rotatable bonds is 8. The number of esters is 1. The second-order valence-corrected chi connectivity index (χ2v) is 6.60. The highest BCUT2D eigenvalue weighted by Crippen LogP contribution is 2.37. The number of ether oxygens (including phenoxy) is 3. The Bertz CT molecular complexity index is 734. The number of methoxy groups -OCH3 is 1. The van der Waals surface area contributed by atoms with Crippen molar-refractivity contribution >= 4 is 18.4 Å². The van der Waals surface area contributed by atoms with Crippen molar-refractivity contribution in [3.63, 3.8) is 0 Å². The number of carbonyl (C=O) groups excluding carboxylic acids is 1. The van der Waals surface area contributed by atoms with Crippen LogP contribution in [0.2, 0.25) is 0 Å². The van der Waals surface area contributed by atoms with E-state index in [0.717, 1.165) is 11.1 Å². The van der Waals surface area contributed by atoms with E-state index in [1.165, 1.54) is 7.11 Å². The van der Waals surface area contributed by atoms with E-state index in [2.05, 4.69) is 0 Å². The number of nitrogens with two attached hydrogens (primary N) is 1. The molecule has 0 unspecified atom stereocenters. The van der Waals surface area contributed by atoms with Crippen molar-refractivity contribution in [1.82, 2.24) is 0 Å². The fourth-order valence-electron chi connectivity index (χ4n) is 2.65. The molecule has 2 N–H and O–H groups in total. The Morgan fingerprint density at radius 1 is 1.07 bits per heavy atom. The number of hydrogen-bond donors (Lipinski definition) is 1. The summed E-state index contributed by atoms with van der Waals surface area (Å²) in [5, 5.41) is 0. The van der Waals surface area contributed by atoms with E-state index in [0.29, 0.717) is 24.7 Å². The molecule has 0 saturated heterocycles. The molecule has 0 amide bonds. The minimum atomic E-state index is -0.857. The van der Waals surface area contributed by atoms with E-state index in [-0.39, 0.29) is 18.4 Å². The molecule has 6 heteroatoms. The van der Waals surface area contributed by atoms with E-state index in [9.17, 15) is 4.79 Å². The molecule has 0 fully saturated rings. The Labute approximate surface area is 167 Å². The first-order chi connectivity index (χ1) is 12.4. The SMILES string of the molecule is CCOc1cc([C@H](N)C(C)(C)C(=O)OC)ccc1OCc1ccccc1.Cl. The molecule has 2 rings (SSSR count). The molecule has 0 radical (unpaired) electrons. The second kappa shape index (κ2) is 10.2. The van der Waals surface area contributed by atoms with Crippen LogP contribution in [0.1, 0.15) is 37.9 Å². The summed E-state index contributed by atoms with van der Waals surface area (Å²) in [5.74, 6) is 0.895. The van der Waals surface area contributed by atoms with Crippen LogP contribution < -0.4 is 15.2 Å². The maximum Gasteiger partial charge on any atom is 0.313 e. The van der Waals surface area contributed by atoms with Gasteiger partial charge in [0.05, 0.1) is 19.1 Å². The topological polar surface area (TPSA) is 70.8 Å². The van der Waals surface area contributed by atoms with Crippen LogP contribution >= 0.6 is 12.4 Å². The predicted octanol–water partition coefficient (Wildman–Crippen LogP) is 4.29. The van der Waals surface area contributed by atoms with Crippen molar-refractivity contribution < 1.29 is 19.0 Å². The Morgan fingerprint density at radius 2 is 1.74 bits per heavy atom. The smallest absolute Gasteiger partial charge is 0.313 e. The Morgan fingerprint density at radius 3 is 2.33 bits per heavy atom. The van der Waals surface area contributed by atoms with Crippen LogP contribution in [0.3, 0.4) is 0 Å². The summed E-state index contributed by atoms with van der Waals surface area (Å²) in [4.78, 5) is 12.0. The third-order valence-corrected chi connectivity index (χ3v) is 4.35. The zero-order valence-electron chi connectivity index (χ0n) is 16.2. The average Bonchev–Trinajstić information content (AvgIpc) is 2.66. The number of carbonyl (C=O) groups is 1. The molecule has 0 aliphatic rings. The number of halogens is 1. The zero-order valence-corrected chi connectivity index (χ0v) is 17.0.